The van der Waals surface area contributed by atoms with Crippen LogP contribution in [0.1, 0.15) is 56.6 Å². The van der Waals surface area contributed by atoms with Gasteiger partial charge in [0, 0.05) is 5.92 Å². The first-order chi connectivity index (χ1) is 9.15. The maximum atomic E-state index is 12.5. The number of hydrogen-bond donors (Lipinski definition) is 0. The van der Waals surface area contributed by atoms with Crippen molar-refractivity contribution in [2.24, 2.45) is 5.92 Å². The molecule has 0 spiro atoms. The molecule has 1 aromatic rings. The molecule has 1 aromatic carbocycles. The Labute approximate surface area is 116 Å². The molecule has 2 atom stereocenters. The molecule has 0 radical (unpaired) electrons. The summed E-state index contributed by atoms with van der Waals surface area (Å²) in [5, 5.41) is 9.37. The highest BCUT2D eigenvalue weighted by atomic mass is 16.1. The number of hydrogen-bond acceptors (Lipinski definition) is 2. The smallest absolute Gasteiger partial charge is 0.157 e. The van der Waals surface area contributed by atoms with Gasteiger partial charge in [0.1, 0.15) is 5.92 Å². The van der Waals surface area contributed by atoms with Crippen molar-refractivity contribution in [3.63, 3.8) is 0 Å². The largest absolute Gasteiger partial charge is 0.298 e. The van der Waals surface area contributed by atoms with Crippen molar-refractivity contribution < 1.29 is 4.79 Å². The number of rotatable bonds is 7. The fourth-order valence-corrected chi connectivity index (χ4v) is 2.43. The van der Waals surface area contributed by atoms with Crippen LogP contribution in [0.5, 0.6) is 0 Å². The quantitative estimate of drug-likeness (QED) is 0.727. The minimum Gasteiger partial charge on any atom is -0.298 e. The summed E-state index contributed by atoms with van der Waals surface area (Å²) in [4.78, 5) is 12.5. The number of benzene rings is 1. The van der Waals surface area contributed by atoms with Crippen LogP contribution in [-0.2, 0) is 4.79 Å². The molecule has 0 aliphatic rings. The average Bonchev–Trinajstić information content (AvgIpc) is 2.42. The summed E-state index contributed by atoms with van der Waals surface area (Å²) in [7, 11) is 0. The van der Waals surface area contributed by atoms with E-state index in [0.717, 1.165) is 36.8 Å². The number of unbranched alkanes of at least 4 members (excludes halogenated alkanes) is 1. The molecule has 0 aliphatic heterocycles. The van der Waals surface area contributed by atoms with Crippen LogP contribution in [0, 0.1) is 24.2 Å². The maximum Gasteiger partial charge on any atom is 0.157 e. The minimum atomic E-state index is -0.608. The van der Waals surface area contributed by atoms with Crippen LogP contribution in [0.2, 0.25) is 0 Å². The normalized spacial score (nSPS) is 13.6. The van der Waals surface area contributed by atoms with Gasteiger partial charge in [-0.25, -0.2) is 0 Å². The highest BCUT2D eigenvalue weighted by molar-refractivity contribution is 5.90. The van der Waals surface area contributed by atoms with E-state index < -0.39 is 5.92 Å². The van der Waals surface area contributed by atoms with Crippen molar-refractivity contribution in [2.45, 2.75) is 52.4 Å². The van der Waals surface area contributed by atoms with Gasteiger partial charge < -0.3 is 0 Å². The van der Waals surface area contributed by atoms with Crippen LogP contribution in [0.15, 0.2) is 24.3 Å². The summed E-state index contributed by atoms with van der Waals surface area (Å²) < 4.78 is 0. The first-order valence-electron chi connectivity index (χ1n) is 7.14. The Morgan fingerprint density at radius 2 is 2.00 bits per heavy atom. The number of ketones is 1. The van der Waals surface area contributed by atoms with Gasteiger partial charge in [-0.15, -0.1) is 0 Å². The Morgan fingerprint density at radius 3 is 2.53 bits per heavy atom. The first kappa shape index (κ1) is 15.4. The third kappa shape index (κ3) is 3.92. The standard InChI is InChI=1S/C17H23NO/c1-4-6-10-14(5-2)17(19)16(12-18)15-11-8-7-9-13(15)3/h7-9,11,14,16H,4-6,10H2,1-3H3. The zero-order chi connectivity index (χ0) is 14.3. The average molecular weight is 257 g/mol. The second-order valence-electron chi connectivity index (χ2n) is 5.07. The lowest BCUT2D eigenvalue weighted by molar-refractivity contribution is -0.123. The molecule has 0 saturated heterocycles. The Hall–Kier alpha value is -1.62. The van der Waals surface area contributed by atoms with Crippen molar-refractivity contribution >= 4 is 5.78 Å². The highest BCUT2D eigenvalue weighted by Crippen LogP contribution is 2.26. The molecule has 19 heavy (non-hydrogen) atoms. The van der Waals surface area contributed by atoms with Crippen LogP contribution in [-0.4, -0.2) is 5.78 Å². The number of carbonyl (C=O) groups excluding carboxylic acids is 1. The number of Topliss-reactive ketones (excluding diaryl/α,β-unsaturated/α-hetero) is 1. The summed E-state index contributed by atoms with van der Waals surface area (Å²) in [6.07, 6.45) is 3.86. The zero-order valence-corrected chi connectivity index (χ0v) is 12.1. The second-order valence-corrected chi connectivity index (χ2v) is 5.07. The van der Waals surface area contributed by atoms with E-state index in [1.165, 1.54) is 0 Å². The van der Waals surface area contributed by atoms with E-state index in [1.807, 2.05) is 38.1 Å². The van der Waals surface area contributed by atoms with E-state index in [4.69, 9.17) is 0 Å². The molecule has 2 nitrogen and oxygen atoms in total. The number of nitrogens with zero attached hydrogens (tertiary/aromatic N) is 1. The third-order valence-electron chi connectivity index (χ3n) is 3.71. The summed E-state index contributed by atoms with van der Waals surface area (Å²) >= 11 is 0. The number of aryl methyl sites for hydroxylation is 1. The van der Waals surface area contributed by atoms with Crippen molar-refractivity contribution in [3.8, 4) is 6.07 Å². The van der Waals surface area contributed by atoms with Gasteiger partial charge in [0.2, 0.25) is 0 Å². The van der Waals surface area contributed by atoms with Crippen molar-refractivity contribution in [2.75, 3.05) is 0 Å². The van der Waals surface area contributed by atoms with Crippen LogP contribution in [0.4, 0.5) is 0 Å². The fraction of sp³-hybridized carbons (Fsp3) is 0.529. The number of carbonyl (C=O) groups is 1. The van der Waals surface area contributed by atoms with Gasteiger partial charge in [-0.05, 0) is 30.9 Å². The SMILES string of the molecule is CCCCC(CC)C(=O)C(C#N)c1ccccc1C. The predicted octanol–water partition coefficient (Wildman–Crippen LogP) is 4.39. The van der Waals surface area contributed by atoms with Crippen LogP contribution in [0.3, 0.4) is 0 Å². The fourth-order valence-electron chi connectivity index (χ4n) is 2.43. The molecule has 0 amide bonds. The van der Waals surface area contributed by atoms with E-state index in [9.17, 15) is 10.1 Å². The van der Waals surface area contributed by atoms with Crippen molar-refractivity contribution in [1.82, 2.24) is 0 Å². The van der Waals surface area contributed by atoms with E-state index >= 15 is 0 Å². The Bertz CT molecular complexity index is 459. The predicted molar refractivity (Wildman–Crippen MR) is 77.8 cm³/mol. The van der Waals surface area contributed by atoms with E-state index in [1.54, 1.807) is 0 Å². The van der Waals surface area contributed by atoms with Crippen LogP contribution in [0.25, 0.3) is 0 Å². The van der Waals surface area contributed by atoms with Crippen LogP contribution >= 0.6 is 0 Å². The lowest BCUT2D eigenvalue weighted by Crippen LogP contribution is -2.21. The molecule has 0 saturated carbocycles. The number of nitriles is 1. The topological polar surface area (TPSA) is 40.9 Å². The first-order valence-corrected chi connectivity index (χ1v) is 7.14. The van der Waals surface area contributed by atoms with Gasteiger partial charge in [-0.1, -0.05) is 51.0 Å². The molecule has 1 rings (SSSR count). The Morgan fingerprint density at radius 1 is 1.32 bits per heavy atom. The van der Waals surface area contributed by atoms with Crippen molar-refractivity contribution in [1.29, 1.82) is 5.26 Å². The lowest BCUT2D eigenvalue weighted by Gasteiger charge is -2.18. The van der Waals surface area contributed by atoms with Gasteiger partial charge in [0.05, 0.1) is 6.07 Å². The Kier molecular flexibility index (Phi) is 6.29. The summed E-state index contributed by atoms with van der Waals surface area (Å²) in [5.74, 6) is -0.500. The van der Waals surface area contributed by atoms with Crippen LogP contribution < -0.4 is 0 Å². The second kappa shape index (κ2) is 7.74. The summed E-state index contributed by atoms with van der Waals surface area (Å²) in [5.41, 5.74) is 1.89. The molecule has 0 heterocycles. The zero-order valence-electron chi connectivity index (χ0n) is 12.1. The van der Waals surface area contributed by atoms with Gasteiger partial charge in [0.15, 0.2) is 5.78 Å². The molecule has 0 N–H and O–H groups in total. The molecular weight excluding hydrogens is 234 g/mol. The van der Waals surface area contributed by atoms with Gasteiger partial charge in [-0.2, -0.15) is 5.26 Å². The lowest BCUT2D eigenvalue weighted by atomic mass is 9.83. The highest BCUT2D eigenvalue weighted by Gasteiger charge is 2.27. The molecular formula is C17H23NO. The van der Waals surface area contributed by atoms with Crippen molar-refractivity contribution in [3.05, 3.63) is 35.4 Å². The summed E-state index contributed by atoms with van der Waals surface area (Å²) in [6.45, 7) is 6.12. The third-order valence-corrected chi connectivity index (χ3v) is 3.71. The molecule has 102 valence electrons. The van der Waals surface area contributed by atoms with Gasteiger partial charge >= 0.3 is 0 Å². The van der Waals surface area contributed by atoms with E-state index in [2.05, 4.69) is 13.0 Å². The maximum absolute atomic E-state index is 12.5. The minimum absolute atomic E-state index is 0.0178. The Balaban J connectivity index is 2.94. The molecule has 0 aromatic heterocycles. The molecule has 2 heteroatoms. The molecule has 0 bridgehead atoms. The summed E-state index contributed by atoms with van der Waals surface area (Å²) in [6, 6.07) is 9.89. The van der Waals surface area contributed by atoms with E-state index in [0.29, 0.717) is 0 Å². The van der Waals surface area contributed by atoms with E-state index in [-0.39, 0.29) is 11.7 Å². The molecule has 2 unspecified atom stereocenters. The van der Waals surface area contributed by atoms with Gasteiger partial charge in [-0.3, -0.25) is 4.79 Å². The monoisotopic (exact) mass is 257 g/mol. The van der Waals surface area contributed by atoms with Gasteiger partial charge in [0.25, 0.3) is 0 Å². The molecule has 0 fully saturated rings. The molecule has 0 aliphatic carbocycles.